The van der Waals surface area contributed by atoms with Gasteiger partial charge in [-0.2, -0.15) is 0 Å². The molecule has 1 aliphatic rings. The van der Waals surface area contributed by atoms with Gasteiger partial charge in [0, 0.05) is 22.4 Å². The maximum Gasteiger partial charge on any atom is 0.249 e. The Balaban J connectivity index is 2.23. The van der Waals surface area contributed by atoms with E-state index in [0.29, 0.717) is 22.0 Å². The highest BCUT2D eigenvalue weighted by molar-refractivity contribution is 7.90. The van der Waals surface area contributed by atoms with Crippen LogP contribution in [0.3, 0.4) is 0 Å². The van der Waals surface area contributed by atoms with Crippen LogP contribution in [0.4, 0.5) is 5.69 Å². The summed E-state index contributed by atoms with van der Waals surface area (Å²) in [6.45, 7) is 1.84. The molecule has 1 aliphatic heterocycles. The molecule has 0 fully saturated rings. The van der Waals surface area contributed by atoms with Gasteiger partial charge in [-0.25, -0.2) is 8.42 Å². The lowest BCUT2D eigenvalue weighted by Crippen LogP contribution is -2.36. The van der Waals surface area contributed by atoms with Crippen molar-refractivity contribution in [3.63, 3.8) is 0 Å². The zero-order valence-corrected chi connectivity index (χ0v) is 15.4. The zero-order valence-electron chi connectivity index (χ0n) is 13.9. The first-order valence-electron chi connectivity index (χ1n) is 7.65. The summed E-state index contributed by atoms with van der Waals surface area (Å²) in [5.41, 5.74) is 3.69. The van der Waals surface area contributed by atoms with Gasteiger partial charge in [-0.15, -0.1) is 0 Å². The van der Waals surface area contributed by atoms with Crippen molar-refractivity contribution in [2.75, 3.05) is 23.6 Å². The van der Waals surface area contributed by atoms with Crippen LogP contribution in [0.25, 0.3) is 0 Å². The Kier molecular flexibility index (Phi) is 4.67. The lowest BCUT2D eigenvalue weighted by molar-refractivity contribution is -0.117. The molecule has 0 radical (unpaired) electrons. The Hall–Kier alpha value is -2.18. The number of aliphatic imine (C=N–C) groups is 1. The van der Waals surface area contributed by atoms with Gasteiger partial charge in [0.2, 0.25) is 5.91 Å². The van der Waals surface area contributed by atoms with Crippen LogP contribution >= 0.6 is 11.6 Å². The summed E-state index contributed by atoms with van der Waals surface area (Å²) >= 11 is 6.16. The van der Waals surface area contributed by atoms with Crippen molar-refractivity contribution < 1.29 is 13.2 Å². The first-order chi connectivity index (χ1) is 11.8. The Morgan fingerprint density at radius 3 is 2.56 bits per heavy atom. The zero-order chi connectivity index (χ0) is 18.2. The van der Waals surface area contributed by atoms with E-state index < -0.39 is 15.7 Å². The largest absolute Gasteiger partial charge is 0.295 e. The summed E-state index contributed by atoms with van der Waals surface area (Å²) in [5, 5.41) is 0.494. The minimum Gasteiger partial charge on any atom is -0.295 e. The molecule has 0 aromatic heterocycles. The van der Waals surface area contributed by atoms with Gasteiger partial charge in [-0.05, 0) is 30.7 Å². The van der Waals surface area contributed by atoms with Crippen molar-refractivity contribution in [2.24, 2.45) is 4.99 Å². The molecule has 130 valence electrons. The molecule has 0 N–H and O–H groups in total. The third-order valence-corrected chi connectivity index (χ3v) is 4.90. The fourth-order valence-corrected chi connectivity index (χ4v) is 3.75. The molecule has 0 saturated heterocycles. The number of anilines is 1. The van der Waals surface area contributed by atoms with Gasteiger partial charge in [0.25, 0.3) is 0 Å². The molecule has 25 heavy (non-hydrogen) atoms. The topological polar surface area (TPSA) is 66.8 Å². The normalized spacial score (nSPS) is 14.8. The monoisotopic (exact) mass is 376 g/mol. The Morgan fingerprint density at radius 1 is 1.16 bits per heavy atom. The summed E-state index contributed by atoms with van der Waals surface area (Å²) in [7, 11) is -3.39. The maximum atomic E-state index is 12.5. The number of aryl methyl sites for hydroxylation is 1. The number of nitrogens with zero attached hydrogens (tertiary/aromatic N) is 2. The highest BCUT2D eigenvalue weighted by Crippen LogP contribution is 2.30. The molecule has 1 amide bonds. The maximum absolute atomic E-state index is 12.5. The number of benzene rings is 2. The number of hydrogen-bond donors (Lipinski definition) is 0. The van der Waals surface area contributed by atoms with Crippen molar-refractivity contribution in [1.29, 1.82) is 0 Å². The summed E-state index contributed by atoms with van der Waals surface area (Å²) in [5.74, 6) is -0.755. The van der Waals surface area contributed by atoms with Crippen molar-refractivity contribution in [3.05, 3.63) is 64.2 Å². The lowest BCUT2D eigenvalue weighted by Gasteiger charge is -2.22. The van der Waals surface area contributed by atoms with Gasteiger partial charge in [0.05, 0.1) is 11.4 Å². The van der Waals surface area contributed by atoms with Crippen molar-refractivity contribution >= 4 is 38.7 Å². The summed E-state index contributed by atoms with van der Waals surface area (Å²) in [4.78, 5) is 18.3. The van der Waals surface area contributed by atoms with Crippen molar-refractivity contribution in [3.8, 4) is 0 Å². The van der Waals surface area contributed by atoms with E-state index in [1.54, 1.807) is 18.2 Å². The second kappa shape index (κ2) is 6.61. The van der Waals surface area contributed by atoms with Gasteiger partial charge in [-0.3, -0.25) is 14.7 Å². The number of rotatable bonds is 3. The predicted octanol–water partition coefficient (Wildman–Crippen LogP) is 2.83. The van der Waals surface area contributed by atoms with Gasteiger partial charge < -0.3 is 0 Å². The van der Waals surface area contributed by atoms with Crippen LogP contribution in [-0.2, 0) is 14.6 Å². The van der Waals surface area contributed by atoms with E-state index in [2.05, 4.69) is 4.99 Å². The van der Waals surface area contributed by atoms with Crippen LogP contribution in [0.1, 0.15) is 16.7 Å². The number of carbonyl (C=O) groups excluding carboxylic acids is 1. The van der Waals surface area contributed by atoms with E-state index in [1.165, 1.54) is 4.90 Å². The molecule has 1 heterocycles. The minimum absolute atomic E-state index is 0.120. The molecule has 0 aliphatic carbocycles. The van der Waals surface area contributed by atoms with E-state index in [0.717, 1.165) is 17.4 Å². The second-order valence-electron chi connectivity index (χ2n) is 6.02. The second-order valence-corrected chi connectivity index (χ2v) is 8.56. The van der Waals surface area contributed by atoms with Crippen LogP contribution in [0.5, 0.6) is 0 Å². The fourth-order valence-electron chi connectivity index (χ4n) is 2.83. The van der Waals surface area contributed by atoms with Crippen LogP contribution in [0.15, 0.2) is 47.5 Å². The number of amides is 1. The average Bonchev–Trinajstić information content (AvgIpc) is 2.65. The molecular weight excluding hydrogens is 360 g/mol. The van der Waals surface area contributed by atoms with E-state index in [-0.39, 0.29) is 12.5 Å². The smallest absolute Gasteiger partial charge is 0.249 e. The molecule has 5 nitrogen and oxygen atoms in total. The van der Waals surface area contributed by atoms with Gasteiger partial charge in [-0.1, -0.05) is 35.9 Å². The number of hydrogen-bond acceptors (Lipinski definition) is 4. The Labute approximate surface area is 151 Å². The molecule has 0 saturated carbocycles. The molecule has 3 rings (SSSR count). The summed E-state index contributed by atoms with van der Waals surface area (Å²) < 4.78 is 23.6. The number of sulfone groups is 1. The number of carbonyl (C=O) groups is 1. The van der Waals surface area contributed by atoms with Crippen LogP contribution in [-0.4, -0.2) is 38.7 Å². The average molecular weight is 377 g/mol. The third kappa shape index (κ3) is 3.75. The molecule has 2 aromatic carbocycles. The first-order valence-corrected chi connectivity index (χ1v) is 10.1. The molecule has 0 unspecified atom stereocenters. The van der Waals surface area contributed by atoms with Crippen LogP contribution in [0, 0.1) is 6.92 Å². The predicted molar refractivity (Wildman–Crippen MR) is 100 cm³/mol. The lowest BCUT2D eigenvalue weighted by atomic mass is 9.97. The van der Waals surface area contributed by atoms with E-state index in [9.17, 15) is 13.2 Å². The molecule has 0 bridgehead atoms. The highest BCUT2D eigenvalue weighted by Gasteiger charge is 2.28. The molecule has 2 aromatic rings. The van der Waals surface area contributed by atoms with Crippen molar-refractivity contribution in [2.45, 2.75) is 6.92 Å². The summed E-state index contributed by atoms with van der Waals surface area (Å²) in [6.07, 6.45) is 1.10. The van der Waals surface area contributed by atoms with Gasteiger partial charge in [0.1, 0.15) is 12.4 Å². The molecule has 0 atom stereocenters. The number of halogens is 1. The van der Waals surface area contributed by atoms with Crippen LogP contribution < -0.4 is 4.90 Å². The Morgan fingerprint density at radius 2 is 1.88 bits per heavy atom. The highest BCUT2D eigenvalue weighted by atomic mass is 35.5. The first kappa shape index (κ1) is 17.6. The summed E-state index contributed by atoms with van der Waals surface area (Å²) in [6, 6.07) is 12.7. The van der Waals surface area contributed by atoms with Crippen molar-refractivity contribution in [1.82, 2.24) is 0 Å². The minimum atomic E-state index is -3.39. The quantitative estimate of drug-likeness (QED) is 0.827. The van der Waals surface area contributed by atoms with Crippen LogP contribution in [0.2, 0.25) is 5.02 Å². The standard InChI is InChI=1S/C18H17ClN2O3S/c1-12-5-3-4-6-14(12)18-15-9-13(19)7-8-16(15)21(11-25(2,23)24)17(22)10-20-18/h3-9H,10-11H2,1-2H3. The van der Waals surface area contributed by atoms with E-state index >= 15 is 0 Å². The van der Waals surface area contributed by atoms with Gasteiger partial charge in [0.15, 0.2) is 9.84 Å². The van der Waals surface area contributed by atoms with E-state index in [1.807, 2.05) is 31.2 Å². The number of fused-ring (bicyclic) bond motifs is 1. The third-order valence-electron chi connectivity index (χ3n) is 3.94. The van der Waals surface area contributed by atoms with Gasteiger partial charge >= 0.3 is 0 Å². The van der Waals surface area contributed by atoms with E-state index in [4.69, 9.17) is 11.6 Å². The molecule has 0 spiro atoms. The molecular formula is C18H17ClN2O3S. The number of benzodiazepines with no additional fused rings is 1. The SMILES string of the molecule is Cc1ccccc1C1=NCC(=O)N(CS(C)(=O)=O)c2ccc(Cl)cc21. The fraction of sp³-hybridized carbons (Fsp3) is 0.222. The molecule has 7 heteroatoms. The Bertz CT molecular complexity index is 984.